The molecule has 0 spiro atoms. The lowest BCUT2D eigenvalue weighted by Gasteiger charge is -2.45. The Labute approximate surface area is 99.5 Å². The van der Waals surface area contributed by atoms with Gasteiger partial charge in [0, 0.05) is 6.54 Å². The van der Waals surface area contributed by atoms with E-state index in [1.54, 1.807) is 0 Å². The van der Waals surface area contributed by atoms with Crippen LogP contribution in [0.5, 0.6) is 0 Å². The van der Waals surface area contributed by atoms with Crippen LogP contribution in [0, 0.1) is 0 Å². The van der Waals surface area contributed by atoms with Crippen molar-refractivity contribution < 1.29 is 24.5 Å². The molecule has 0 aromatic carbocycles. The largest absolute Gasteiger partial charge is 0.479 e. The number of carboxylic acid groups (broad SMARTS) is 1. The highest BCUT2D eigenvalue weighted by Crippen LogP contribution is 2.38. The molecule has 0 aromatic rings. The van der Waals surface area contributed by atoms with E-state index in [2.05, 4.69) is 6.58 Å². The van der Waals surface area contributed by atoms with Crippen LogP contribution in [0.4, 0.5) is 4.79 Å². The van der Waals surface area contributed by atoms with Gasteiger partial charge in [-0.1, -0.05) is 12.7 Å². The minimum atomic E-state index is -1.21. The molecule has 0 saturated heterocycles. The van der Waals surface area contributed by atoms with Gasteiger partial charge in [-0.2, -0.15) is 0 Å². The van der Waals surface area contributed by atoms with Gasteiger partial charge in [0.2, 0.25) is 0 Å². The molecule has 0 atom stereocenters. The number of aliphatic carboxylic acids is 1. The fourth-order valence-corrected chi connectivity index (χ4v) is 1.90. The van der Waals surface area contributed by atoms with E-state index in [9.17, 15) is 14.7 Å². The Morgan fingerprint density at radius 2 is 2.12 bits per heavy atom. The topological polar surface area (TPSA) is 87.1 Å². The molecule has 0 unspecified atom stereocenters. The summed E-state index contributed by atoms with van der Waals surface area (Å²) in [5.41, 5.74) is -1.21. The summed E-state index contributed by atoms with van der Waals surface area (Å²) >= 11 is 0. The maximum atomic E-state index is 11.7. The number of carbonyl (C=O) groups excluding carboxylic acids is 1. The van der Waals surface area contributed by atoms with Gasteiger partial charge in [-0.15, -0.1) is 0 Å². The second kappa shape index (κ2) is 5.67. The SMILES string of the molecule is C=CCOC(=O)N(CCO)C1(C(=O)O)CCC1. The second-order valence-corrected chi connectivity index (χ2v) is 3.93. The number of amides is 1. The van der Waals surface area contributed by atoms with E-state index in [0.29, 0.717) is 12.8 Å². The first-order chi connectivity index (χ1) is 8.08. The number of carbonyl (C=O) groups is 2. The monoisotopic (exact) mass is 243 g/mol. The van der Waals surface area contributed by atoms with Crippen LogP contribution in [0.3, 0.4) is 0 Å². The summed E-state index contributed by atoms with van der Waals surface area (Å²) in [6, 6.07) is 0. The maximum absolute atomic E-state index is 11.7. The first-order valence-electron chi connectivity index (χ1n) is 5.48. The fourth-order valence-electron chi connectivity index (χ4n) is 1.90. The molecule has 17 heavy (non-hydrogen) atoms. The fraction of sp³-hybridized carbons (Fsp3) is 0.636. The van der Waals surface area contributed by atoms with E-state index in [1.807, 2.05) is 0 Å². The third-order valence-electron chi connectivity index (χ3n) is 2.96. The molecule has 1 saturated carbocycles. The lowest BCUT2D eigenvalue weighted by atomic mass is 9.75. The molecule has 6 heteroatoms. The number of ether oxygens (including phenoxy) is 1. The Hall–Kier alpha value is -1.56. The van der Waals surface area contributed by atoms with Gasteiger partial charge < -0.3 is 14.9 Å². The number of hydrogen-bond acceptors (Lipinski definition) is 4. The van der Waals surface area contributed by atoms with Crippen molar-refractivity contribution in [2.24, 2.45) is 0 Å². The summed E-state index contributed by atoms with van der Waals surface area (Å²) in [6.45, 7) is 3.10. The molecular weight excluding hydrogens is 226 g/mol. The number of rotatable bonds is 6. The van der Waals surface area contributed by atoms with E-state index in [-0.39, 0.29) is 19.8 Å². The Balaban J connectivity index is 2.79. The van der Waals surface area contributed by atoms with Crippen molar-refractivity contribution in [2.45, 2.75) is 24.8 Å². The minimum Gasteiger partial charge on any atom is -0.479 e. The molecule has 1 rings (SSSR count). The molecule has 0 radical (unpaired) electrons. The highest BCUT2D eigenvalue weighted by Gasteiger charge is 2.51. The van der Waals surface area contributed by atoms with Gasteiger partial charge in [0.05, 0.1) is 6.61 Å². The standard InChI is InChI=1S/C11H17NO5/c1-2-8-17-10(16)12(6-7-13)11(9(14)15)4-3-5-11/h2,13H,1,3-8H2,(H,14,15). The lowest BCUT2D eigenvalue weighted by Crippen LogP contribution is -2.62. The van der Waals surface area contributed by atoms with Crippen LogP contribution in [0.1, 0.15) is 19.3 Å². The van der Waals surface area contributed by atoms with Crippen molar-refractivity contribution >= 4 is 12.1 Å². The Kier molecular flexibility index (Phi) is 4.51. The van der Waals surface area contributed by atoms with Crippen molar-refractivity contribution in [3.8, 4) is 0 Å². The highest BCUT2D eigenvalue weighted by atomic mass is 16.6. The van der Waals surface area contributed by atoms with E-state index >= 15 is 0 Å². The van der Waals surface area contributed by atoms with E-state index in [0.717, 1.165) is 11.3 Å². The van der Waals surface area contributed by atoms with Crippen molar-refractivity contribution in [1.82, 2.24) is 4.90 Å². The molecule has 1 aliphatic carbocycles. The minimum absolute atomic E-state index is 0.0243. The molecule has 1 fully saturated rings. The smallest absolute Gasteiger partial charge is 0.411 e. The van der Waals surface area contributed by atoms with Crippen LogP contribution >= 0.6 is 0 Å². The van der Waals surface area contributed by atoms with Crippen LogP contribution in [0.2, 0.25) is 0 Å². The van der Waals surface area contributed by atoms with Crippen molar-refractivity contribution in [3.63, 3.8) is 0 Å². The predicted octanol–water partition coefficient (Wildman–Crippen LogP) is 0.611. The summed E-state index contributed by atoms with van der Waals surface area (Å²) in [7, 11) is 0. The van der Waals surface area contributed by atoms with Crippen molar-refractivity contribution in [1.29, 1.82) is 0 Å². The molecule has 0 bridgehead atoms. The van der Waals surface area contributed by atoms with Crippen molar-refractivity contribution in [3.05, 3.63) is 12.7 Å². The first-order valence-corrected chi connectivity index (χ1v) is 5.48. The van der Waals surface area contributed by atoms with Crippen LogP contribution < -0.4 is 0 Å². The first kappa shape index (κ1) is 13.5. The van der Waals surface area contributed by atoms with Crippen LogP contribution in [-0.4, -0.2) is 52.5 Å². The molecule has 1 amide bonds. The van der Waals surface area contributed by atoms with Gasteiger partial charge in [0.1, 0.15) is 12.1 Å². The van der Waals surface area contributed by atoms with E-state index in [1.165, 1.54) is 6.08 Å². The van der Waals surface area contributed by atoms with Crippen LogP contribution in [0.15, 0.2) is 12.7 Å². The number of β-amino-alcohol motifs (C(OH)–C–C–N with tert-alkyl or cyclic N) is 1. The van der Waals surface area contributed by atoms with Gasteiger partial charge in [-0.25, -0.2) is 9.59 Å². The van der Waals surface area contributed by atoms with Gasteiger partial charge >= 0.3 is 12.1 Å². The Morgan fingerprint density at radius 1 is 1.47 bits per heavy atom. The summed E-state index contributed by atoms with van der Waals surface area (Å²) < 4.78 is 4.83. The van der Waals surface area contributed by atoms with Gasteiger partial charge in [-0.3, -0.25) is 4.90 Å². The Bertz CT molecular complexity index is 311. The maximum Gasteiger partial charge on any atom is 0.411 e. The number of aliphatic hydroxyl groups excluding tert-OH is 1. The molecule has 0 heterocycles. The highest BCUT2D eigenvalue weighted by molar-refractivity contribution is 5.85. The molecule has 2 N–H and O–H groups in total. The zero-order valence-electron chi connectivity index (χ0n) is 9.59. The molecule has 1 aliphatic rings. The zero-order chi connectivity index (χ0) is 12.9. The zero-order valence-corrected chi connectivity index (χ0v) is 9.59. The van der Waals surface area contributed by atoms with Crippen LogP contribution in [-0.2, 0) is 9.53 Å². The van der Waals surface area contributed by atoms with Gasteiger partial charge in [0.15, 0.2) is 0 Å². The van der Waals surface area contributed by atoms with E-state index in [4.69, 9.17) is 9.84 Å². The van der Waals surface area contributed by atoms with Gasteiger partial charge in [0.25, 0.3) is 0 Å². The molecule has 6 nitrogen and oxygen atoms in total. The number of carboxylic acids is 1. The summed E-state index contributed by atoms with van der Waals surface area (Å²) in [6.07, 6.45) is 2.23. The third-order valence-corrected chi connectivity index (χ3v) is 2.96. The molecule has 96 valence electrons. The lowest BCUT2D eigenvalue weighted by molar-refractivity contribution is -0.157. The summed E-state index contributed by atoms with van der Waals surface area (Å²) in [5, 5.41) is 18.1. The number of hydrogen-bond donors (Lipinski definition) is 2. The predicted molar refractivity (Wildman–Crippen MR) is 59.6 cm³/mol. The summed E-state index contributed by atoms with van der Waals surface area (Å²) in [5.74, 6) is -1.05. The average molecular weight is 243 g/mol. The second-order valence-electron chi connectivity index (χ2n) is 3.93. The molecular formula is C11H17NO5. The summed E-state index contributed by atoms with van der Waals surface area (Å²) in [4.78, 5) is 24.1. The van der Waals surface area contributed by atoms with E-state index < -0.39 is 17.6 Å². The third kappa shape index (κ3) is 2.58. The number of nitrogens with zero attached hydrogens (tertiary/aromatic N) is 1. The normalized spacial score (nSPS) is 16.8. The number of aliphatic hydroxyl groups is 1. The molecule has 0 aromatic heterocycles. The Morgan fingerprint density at radius 3 is 2.47 bits per heavy atom. The van der Waals surface area contributed by atoms with Crippen LogP contribution in [0.25, 0.3) is 0 Å². The quantitative estimate of drug-likeness (QED) is 0.667. The van der Waals surface area contributed by atoms with Crippen molar-refractivity contribution in [2.75, 3.05) is 19.8 Å². The average Bonchev–Trinajstić information content (AvgIpc) is 2.22. The molecule has 0 aliphatic heterocycles. The van der Waals surface area contributed by atoms with Gasteiger partial charge in [-0.05, 0) is 19.3 Å².